The number of fused-ring (bicyclic) bond motifs is 4. The monoisotopic (exact) mass is 572 g/mol. The third kappa shape index (κ3) is 4.98. The number of carboxylic acids is 1. The van der Waals surface area contributed by atoms with Gasteiger partial charge in [-0.05, 0) is 92.4 Å². The lowest BCUT2D eigenvalue weighted by molar-refractivity contribution is -0.171. The second-order valence-electron chi connectivity index (χ2n) is 14.9. The summed E-state index contributed by atoms with van der Waals surface area (Å²) in [6.45, 7) is 18.1. The molecule has 9 atom stereocenters. The van der Waals surface area contributed by atoms with Gasteiger partial charge in [0.05, 0.1) is 6.10 Å². The molecule has 4 aliphatic rings. The van der Waals surface area contributed by atoms with Crippen molar-refractivity contribution in [2.24, 2.45) is 39.4 Å². The van der Waals surface area contributed by atoms with Crippen LogP contribution in [0.1, 0.15) is 114 Å². The van der Waals surface area contributed by atoms with Crippen LogP contribution in [0.25, 0.3) is 0 Å². The van der Waals surface area contributed by atoms with Gasteiger partial charge in [0.25, 0.3) is 0 Å². The predicted octanol–water partition coefficient (Wildman–Crippen LogP) is 6.63. The molecule has 4 aliphatic carbocycles. The number of rotatable bonds is 7. The summed E-state index contributed by atoms with van der Waals surface area (Å²) in [6, 6.07) is 0. The van der Waals surface area contributed by atoms with Crippen LogP contribution in [0.2, 0.25) is 0 Å². The smallest absolute Gasteiger partial charge is 0.330 e. The number of ether oxygens (including phenoxy) is 2. The van der Waals surface area contributed by atoms with E-state index in [0.29, 0.717) is 24.3 Å². The van der Waals surface area contributed by atoms with Gasteiger partial charge >= 0.3 is 17.9 Å². The Morgan fingerprint density at radius 2 is 1.59 bits per heavy atom. The molecule has 0 aliphatic heterocycles. The topological polar surface area (TPSA) is 110 Å². The third-order valence-corrected chi connectivity index (χ3v) is 12.5. The number of carboxylic acid groups (broad SMARTS) is 1. The van der Waals surface area contributed by atoms with Gasteiger partial charge in [-0.25, -0.2) is 4.79 Å². The first-order valence-electron chi connectivity index (χ1n) is 15.6. The summed E-state index contributed by atoms with van der Waals surface area (Å²) in [7, 11) is 0. The molecule has 230 valence electrons. The number of carbonyl (C=O) groups excluding carboxylic acids is 2. The maximum atomic E-state index is 12.4. The average Bonchev–Trinajstić information content (AvgIpc) is 3.08. The third-order valence-electron chi connectivity index (χ3n) is 12.5. The van der Waals surface area contributed by atoms with Gasteiger partial charge in [0.1, 0.15) is 12.2 Å². The molecular formula is C34H52O7. The fourth-order valence-electron chi connectivity index (χ4n) is 10.2. The number of aliphatic hydroxyl groups excluding tert-OH is 1. The fourth-order valence-corrected chi connectivity index (χ4v) is 10.2. The fraction of sp³-hybridized carbons (Fsp3) is 0.794. The molecular weight excluding hydrogens is 520 g/mol. The van der Waals surface area contributed by atoms with E-state index in [-0.39, 0.29) is 52.2 Å². The molecule has 2 N–H and O–H groups in total. The lowest BCUT2D eigenvalue weighted by Crippen LogP contribution is -2.59. The minimum absolute atomic E-state index is 0.136. The number of hydrogen-bond acceptors (Lipinski definition) is 6. The number of allylic oxidation sites excluding steroid dienone is 2. The standard InChI is InChI=1S/C34H52O7/c1-19(11-10-12-20(2)30(38)39)24-17-28(41-22(4)36)34(9)29-23(13-16-33(24,34)8)32(7)15-14-27(40-21(3)35)31(5,6)26(32)18-25(29)37/h12,19,24-28,37H,10-11,13-18H2,1-9H3,(H,38,39)/b20-12+/t19-,24-,25-,26?,27+,28+,32-,33-,34+/m1/s1. The molecule has 7 nitrogen and oxygen atoms in total. The minimum Gasteiger partial charge on any atom is -0.478 e. The Labute approximate surface area is 246 Å². The van der Waals surface area contributed by atoms with Gasteiger partial charge in [-0.1, -0.05) is 53.2 Å². The molecule has 7 heteroatoms. The number of esters is 2. The second-order valence-corrected chi connectivity index (χ2v) is 14.9. The highest BCUT2D eigenvalue weighted by molar-refractivity contribution is 5.85. The summed E-state index contributed by atoms with van der Waals surface area (Å²) in [5.41, 5.74) is 1.67. The van der Waals surface area contributed by atoms with Crippen molar-refractivity contribution in [3.05, 3.63) is 22.8 Å². The first-order chi connectivity index (χ1) is 18.9. The molecule has 0 heterocycles. The Morgan fingerprint density at radius 1 is 0.976 bits per heavy atom. The van der Waals surface area contributed by atoms with Gasteiger partial charge in [-0.2, -0.15) is 0 Å². The predicted molar refractivity (Wildman–Crippen MR) is 157 cm³/mol. The summed E-state index contributed by atoms with van der Waals surface area (Å²) < 4.78 is 11.9. The van der Waals surface area contributed by atoms with Gasteiger partial charge in [-0.3, -0.25) is 9.59 Å². The Kier molecular flexibility index (Phi) is 8.40. The molecule has 41 heavy (non-hydrogen) atoms. The number of hydrogen-bond donors (Lipinski definition) is 2. The normalized spacial score (nSPS) is 40.6. The summed E-state index contributed by atoms with van der Waals surface area (Å²) in [5, 5.41) is 21.3. The lowest BCUT2D eigenvalue weighted by Gasteiger charge is -2.63. The van der Waals surface area contributed by atoms with Gasteiger partial charge in [-0.15, -0.1) is 0 Å². The van der Waals surface area contributed by atoms with Crippen molar-refractivity contribution < 1.29 is 34.1 Å². The zero-order valence-electron chi connectivity index (χ0n) is 26.6. The van der Waals surface area contributed by atoms with Crippen LogP contribution in [0.5, 0.6) is 0 Å². The maximum absolute atomic E-state index is 12.4. The molecule has 0 amide bonds. The molecule has 0 saturated heterocycles. The van der Waals surface area contributed by atoms with E-state index in [4.69, 9.17) is 9.47 Å². The first-order valence-corrected chi connectivity index (χ1v) is 15.6. The molecule has 0 bridgehead atoms. The van der Waals surface area contributed by atoms with Crippen molar-refractivity contribution in [2.75, 3.05) is 0 Å². The largest absolute Gasteiger partial charge is 0.478 e. The van der Waals surface area contributed by atoms with Crippen LogP contribution in [0, 0.1) is 39.4 Å². The second kappa shape index (κ2) is 10.8. The summed E-state index contributed by atoms with van der Waals surface area (Å²) in [4.78, 5) is 35.7. The van der Waals surface area contributed by atoms with Gasteiger partial charge < -0.3 is 19.7 Å². The Bertz CT molecular complexity index is 1150. The van der Waals surface area contributed by atoms with Crippen LogP contribution in [-0.2, 0) is 23.9 Å². The minimum atomic E-state index is -0.886. The van der Waals surface area contributed by atoms with E-state index in [2.05, 4.69) is 41.5 Å². The van der Waals surface area contributed by atoms with Crippen molar-refractivity contribution in [1.82, 2.24) is 0 Å². The Balaban J connectivity index is 1.75. The highest BCUT2D eigenvalue weighted by Gasteiger charge is 2.69. The van der Waals surface area contributed by atoms with E-state index in [1.165, 1.54) is 19.4 Å². The van der Waals surface area contributed by atoms with E-state index < -0.39 is 17.5 Å². The quantitative estimate of drug-likeness (QED) is 0.200. The number of carbonyl (C=O) groups is 3. The van der Waals surface area contributed by atoms with Crippen LogP contribution >= 0.6 is 0 Å². The molecule has 4 rings (SSSR count). The van der Waals surface area contributed by atoms with Crippen molar-refractivity contribution >= 4 is 17.9 Å². The van der Waals surface area contributed by atoms with Crippen molar-refractivity contribution in [1.29, 1.82) is 0 Å². The molecule has 2 fully saturated rings. The van der Waals surface area contributed by atoms with E-state index in [0.717, 1.165) is 44.1 Å². The van der Waals surface area contributed by atoms with Crippen molar-refractivity contribution in [2.45, 2.75) is 132 Å². The highest BCUT2D eigenvalue weighted by Crippen LogP contribution is 2.73. The Morgan fingerprint density at radius 3 is 2.17 bits per heavy atom. The molecule has 0 radical (unpaired) electrons. The molecule has 0 spiro atoms. The maximum Gasteiger partial charge on any atom is 0.330 e. The molecule has 0 aromatic rings. The van der Waals surface area contributed by atoms with E-state index in [9.17, 15) is 24.6 Å². The molecule has 0 aromatic heterocycles. The molecule has 2 saturated carbocycles. The van der Waals surface area contributed by atoms with E-state index >= 15 is 0 Å². The number of aliphatic carboxylic acids is 1. The van der Waals surface area contributed by atoms with Crippen LogP contribution in [0.3, 0.4) is 0 Å². The van der Waals surface area contributed by atoms with Crippen LogP contribution in [0.4, 0.5) is 0 Å². The SMILES string of the molecule is CC(=O)O[C@H]1CC[C@]2(C)C3=C([C@H](O)CC2C1(C)C)[C@]1(C)[C@@H](OC(C)=O)C[C@H]([C@H](C)CC/C=C(\C)C(=O)O)[C@@]1(C)CC3. The van der Waals surface area contributed by atoms with Crippen molar-refractivity contribution in [3.63, 3.8) is 0 Å². The average molecular weight is 573 g/mol. The van der Waals surface area contributed by atoms with Crippen LogP contribution < -0.4 is 0 Å². The molecule has 0 aromatic carbocycles. The van der Waals surface area contributed by atoms with Crippen LogP contribution in [0.15, 0.2) is 22.8 Å². The van der Waals surface area contributed by atoms with Crippen molar-refractivity contribution in [3.8, 4) is 0 Å². The highest BCUT2D eigenvalue weighted by atomic mass is 16.5. The zero-order chi connectivity index (χ0) is 30.7. The molecule has 1 unspecified atom stereocenters. The van der Waals surface area contributed by atoms with E-state index in [1.54, 1.807) is 13.0 Å². The van der Waals surface area contributed by atoms with Gasteiger partial charge in [0, 0.05) is 30.3 Å². The lowest BCUT2D eigenvalue weighted by atomic mass is 9.42. The Hall–Kier alpha value is -2.15. The number of aliphatic hydroxyl groups is 1. The summed E-state index contributed by atoms with van der Waals surface area (Å²) in [6.07, 6.45) is 7.04. The van der Waals surface area contributed by atoms with E-state index in [1.807, 2.05) is 0 Å². The summed E-state index contributed by atoms with van der Waals surface area (Å²) >= 11 is 0. The van der Waals surface area contributed by atoms with Gasteiger partial charge in [0.15, 0.2) is 0 Å². The van der Waals surface area contributed by atoms with Crippen LogP contribution in [-0.4, -0.2) is 46.4 Å². The van der Waals surface area contributed by atoms with Gasteiger partial charge in [0.2, 0.25) is 0 Å². The zero-order valence-corrected chi connectivity index (χ0v) is 26.6. The first kappa shape index (κ1) is 31.8. The summed E-state index contributed by atoms with van der Waals surface area (Å²) in [5.74, 6) is -0.726.